The second kappa shape index (κ2) is 3.92. The van der Waals surface area contributed by atoms with E-state index in [-0.39, 0.29) is 6.04 Å². The van der Waals surface area contributed by atoms with Gasteiger partial charge in [0.1, 0.15) is 15.3 Å². The van der Waals surface area contributed by atoms with Gasteiger partial charge in [-0.25, -0.2) is 8.42 Å². The summed E-state index contributed by atoms with van der Waals surface area (Å²) in [6.07, 6.45) is 1.19. The van der Waals surface area contributed by atoms with Gasteiger partial charge in [-0.3, -0.25) is 0 Å². The third-order valence-electron chi connectivity index (χ3n) is 1.84. The Morgan fingerprint density at radius 3 is 2.14 bits per heavy atom. The standard InChI is InChI=1S/C7H13N3O2S2/c1-4(8)6-9-10-7(13-6)5(2)14(3,11)12/h4-5H,8H2,1-3H3. The van der Waals surface area contributed by atoms with Crippen molar-refractivity contribution in [1.29, 1.82) is 0 Å². The van der Waals surface area contributed by atoms with E-state index in [9.17, 15) is 8.42 Å². The largest absolute Gasteiger partial charge is 0.322 e. The van der Waals surface area contributed by atoms with E-state index in [0.717, 1.165) is 0 Å². The summed E-state index contributed by atoms with van der Waals surface area (Å²) in [7, 11) is -3.10. The Labute approximate surface area is 87.3 Å². The molecule has 2 atom stereocenters. The predicted molar refractivity (Wildman–Crippen MR) is 55.8 cm³/mol. The summed E-state index contributed by atoms with van der Waals surface area (Å²) in [5.74, 6) is 0. The van der Waals surface area contributed by atoms with E-state index in [0.29, 0.717) is 10.0 Å². The Hall–Kier alpha value is -0.530. The monoisotopic (exact) mass is 235 g/mol. The van der Waals surface area contributed by atoms with Gasteiger partial charge in [-0.2, -0.15) is 0 Å². The molecule has 0 saturated carbocycles. The summed E-state index contributed by atoms with van der Waals surface area (Å²) < 4.78 is 22.4. The van der Waals surface area contributed by atoms with Gasteiger partial charge in [0.25, 0.3) is 0 Å². The maximum atomic E-state index is 11.2. The summed E-state index contributed by atoms with van der Waals surface area (Å²) in [4.78, 5) is 0. The topological polar surface area (TPSA) is 85.9 Å². The van der Waals surface area contributed by atoms with Gasteiger partial charge in [0.2, 0.25) is 0 Å². The predicted octanol–water partition coefficient (Wildman–Crippen LogP) is 0.663. The molecule has 80 valence electrons. The molecule has 0 saturated heterocycles. The molecule has 1 aromatic rings. The van der Waals surface area contributed by atoms with Crippen LogP contribution in [0.5, 0.6) is 0 Å². The van der Waals surface area contributed by atoms with Crippen molar-refractivity contribution in [2.75, 3.05) is 6.26 Å². The molecule has 0 spiro atoms. The van der Waals surface area contributed by atoms with Crippen LogP contribution in [0.1, 0.15) is 35.2 Å². The van der Waals surface area contributed by atoms with Crippen molar-refractivity contribution in [3.05, 3.63) is 10.0 Å². The second-order valence-corrected chi connectivity index (χ2v) is 6.65. The maximum absolute atomic E-state index is 11.2. The second-order valence-electron chi connectivity index (χ2n) is 3.24. The first-order valence-electron chi connectivity index (χ1n) is 4.10. The van der Waals surface area contributed by atoms with E-state index >= 15 is 0 Å². The lowest BCUT2D eigenvalue weighted by molar-refractivity contribution is 0.591. The molecule has 0 aliphatic heterocycles. The molecule has 0 amide bonds. The quantitative estimate of drug-likeness (QED) is 0.832. The molecule has 2 unspecified atom stereocenters. The summed E-state index contributed by atoms with van der Waals surface area (Å²) in [5.41, 5.74) is 5.59. The fourth-order valence-corrected chi connectivity index (χ4v) is 2.59. The Balaban J connectivity index is 2.98. The van der Waals surface area contributed by atoms with Crippen LogP contribution >= 0.6 is 11.3 Å². The fraction of sp³-hybridized carbons (Fsp3) is 0.714. The van der Waals surface area contributed by atoms with Gasteiger partial charge in [-0.05, 0) is 13.8 Å². The van der Waals surface area contributed by atoms with E-state index in [1.807, 2.05) is 0 Å². The van der Waals surface area contributed by atoms with Crippen LogP contribution in [0.4, 0.5) is 0 Å². The van der Waals surface area contributed by atoms with Crippen LogP contribution in [0.2, 0.25) is 0 Å². The average molecular weight is 235 g/mol. The number of sulfone groups is 1. The molecule has 14 heavy (non-hydrogen) atoms. The first kappa shape index (κ1) is 11.5. The number of nitrogens with zero attached hydrogens (tertiary/aromatic N) is 2. The van der Waals surface area contributed by atoms with E-state index in [1.54, 1.807) is 13.8 Å². The number of nitrogens with two attached hydrogens (primary N) is 1. The Morgan fingerprint density at radius 1 is 1.29 bits per heavy atom. The van der Waals surface area contributed by atoms with Crippen LogP contribution in [0.25, 0.3) is 0 Å². The lowest BCUT2D eigenvalue weighted by Gasteiger charge is -2.03. The van der Waals surface area contributed by atoms with Crippen LogP contribution in [0.3, 0.4) is 0 Å². The van der Waals surface area contributed by atoms with Crippen molar-refractivity contribution in [3.63, 3.8) is 0 Å². The molecule has 1 heterocycles. The molecule has 0 radical (unpaired) electrons. The van der Waals surface area contributed by atoms with Gasteiger partial charge < -0.3 is 5.73 Å². The highest BCUT2D eigenvalue weighted by atomic mass is 32.2. The highest BCUT2D eigenvalue weighted by Gasteiger charge is 2.22. The number of aromatic nitrogens is 2. The van der Waals surface area contributed by atoms with Crippen LogP contribution < -0.4 is 5.73 Å². The van der Waals surface area contributed by atoms with Crippen molar-refractivity contribution in [3.8, 4) is 0 Å². The van der Waals surface area contributed by atoms with Gasteiger partial charge in [0, 0.05) is 6.26 Å². The summed E-state index contributed by atoms with van der Waals surface area (Å²) in [6, 6.07) is -0.201. The summed E-state index contributed by atoms with van der Waals surface area (Å²) >= 11 is 1.25. The lowest BCUT2D eigenvalue weighted by atomic mass is 10.4. The zero-order valence-electron chi connectivity index (χ0n) is 8.26. The first-order valence-corrected chi connectivity index (χ1v) is 6.87. The van der Waals surface area contributed by atoms with Gasteiger partial charge in [-0.1, -0.05) is 11.3 Å². The van der Waals surface area contributed by atoms with Gasteiger partial charge >= 0.3 is 0 Å². The smallest absolute Gasteiger partial charge is 0.156 e. The maximum Gasteiger partial charge on any atom is 0.156 e. The average Bonchev–Trinajstić information content (AvgIpc) is 2.48. The van der Waals surface area contributed by atoms with Crippen LogP contribution in [0, 0.1) is 0 Å². The molecule has 0 aliphatic carbocycles. The van der Waals surface area contributed by atoms with Crippen LogP contribution in [0.15, 0.2) is 0 Å². The van der Waals surface area contributed by atoms with E-state index < -0.39 is 15.1 Å². The normalized spacial score (nSPS) is 16.6. The molecule has 0 fully saturated rings. The van der Waals surface area contributed by atoms with Crippen molar-refractivity contribution in [2.24, 2.45) is 5.73 Å². The molecule has 0 aromatic carbocycles. The van der Waals surface area contributed by atoms with Crippen molar-refractivity contribution in [1.82, 2.24) is 10.2 Å². The van der Waals surface area contributed by atoms with E-state index in [4.69, 9.17) is 5.73 Å². The highest BCUT2D eigenvalue weighted by Crippen LogP contribution is 2.25. The number of hydrogen-bond acceptors (Lipinski definition) is 6. The Morgan fingerprint density at radius 2 is 1.79 bits per heavy atom. The third-order valence-corrected chi connectivity index (χ3v) is 4.80. The molecule has 0 bridgehead atoms. The lowest BCUT2D eigenvalue weighted by Crippen LogP contribution is -2.07. The molecule has 2 N–H and O–H groups in total. The molecule has 1 aromatic heterocycles. The first-order chi connectivity index (χ1) is 6.32. The van der Waals surface area contributed by atoms with Crippen molar-refractivity contribution in [2.45, 2.75) is 25.1 Å². The zero-order valence-corrected chi connectivity index (χ0v) is 9.89. The molecule has 7 heteroatoms. The number of hydrogen-bond donors (Lipinski definition) is 1. The minimum Gasteiger partial charge on any atom is -0.322 e. The molecular formula is C7H13N3O2S2. The SMILES string of the molecule is CC(N)c1nnc(C(C)S(C)(=O)=O)s1. The van der Waals surface area contributed by atoms with Gasteiger partial charge in [0.15, 0.2) is 9.84 Å². The molecule has 5 nitrogen and oxygen atoms in total. The van der Waals surface area contributed by atoms with Gasteiger partial charge in [-0.15, -0.1) is 10.2 Å². The fourth-order valence-electron chi connectivity index (χ4n) is 0.778. The van der Waals surface area contributed by atoms with Crippen LogP contribution in [-0.2, 0) is 9.84 Å². The Kier molecular flexibility index (Phi) is 3.23. The summed E-state index contributed by atoms with van der Waals surface area (Å²) in [5, 5.41) is 8.20. The molecule has 0 aliphatic rings. The highest BCUT2D eigenvalue weighted by molar-refractivity contribution is 7.91. The van der Waals surface area contributed by atoms with Gasteiger partial charge in [0.05, 0.1) is 6.04 Å². The van der Waals surface area contributed by atoms with E-state index in [2.05, 4.69) is 10.2 Å². The zero-order chi connectivity index (χ0) is 10.9. The Bertz CT molecular complexity index is 410. The summed E-state index contributed by atoms with van der Waals surface area (Å²) in [6.45, 7) is 3.39. The third kappa shape index (κ3) is 2.49. The molecular weight excluding hydrogens is 222 g/mol. The minimum absolute atomic E-state index is 0.201. The minimum atomic E-state index is -3.10. The van der Waals surface area contributed by atoms with Crippen LogP contribution in [-0.4, -0.2) is 24.9 Å². The van der Waals surface area contributed by atoms with E-state index in [1.165, 1.54) is 17.6 Å². The van der Waals surface area contributed by atoms with Crippen molar-refractivity contribution >= 4 is 21.2 Å². The number of rotatable bonds is 3. The van der Waals surface area contributed by atoms with Crippen molar-refractivity contribution < 1.29 is 8.42 Å². The molecule has 1 rings (SSSR count).